The quantitative estimate of drug-likeness (QED) is 0.840. The van der Waals surface area contributed by atoms with Gasteiger partial charge in [0.2, 0.25) is 0 Å². The van der Waals surface area contributed by atoms with Gasteiger partial charge in [-0.05, 0) is 25.3 Å². The Labute approximate surface area is 119 Å². The lowest BCUT2D eigenvalue weighted by Gasteiger charge is -2.31. The number of piperidine rings is 1. The third kappa shape index (κ3) is 4.51. The van der Waals surface area contributed by atoms with Gasteiger partial charge in [-0.1, -0.05) is 30.3 Å². The molecule has 0 unspecified atom stereocenters. The van der Waals surface area contributed by atoms with Gasteiger partial charge in [-0.25, -0.2) is 4.79 Å². The predicted octanol–water partition coefficient (Wildman–Crippen LogP) is 2.33. The molecule has 1 aliphatic rings. The summed E-state index contributed by atoms with van der Waals surface area (Å²) in [5, 5.41) is 0. The van der Waals surface area contributed by atoms with Crippen LogP contribution in [0.4, 0.5) is 4.79 Å². The highest BCUT2D eigenvalue weighted by Gasteiger charge is 2.23. The van der Waals surface area contributed by atoms with Crippen LogP contribution in [0.15, 0.2) is 30.3 Å². The van der Waals surface area contributed by atoms with Crippen LogP contribution in [0.3, 0.4) is 0 Å². The number of hydrogen-bond donors (Lipinski definition) is 1. The van der Waals surface area contributed by atoms with Gasteiger partial charge in [0.1, 0.15) is 0 Å². The molecule has 0 bridgehead atoms. The number of carbonyl (C=O) groups excluding carboxylic acids is 1. The Morgan fingerprint density at radius 3 is 2.65 bits per heavy atom. The molecule has 0 spiro atoms. The van der Waals surface area contributed by atoms with Crippen LogP contribution in [0.5, 0.6) is 0 Å². The van der Waals surface area contributed by atoms with Crippen molar-refractivity contribution in [3.63, 3.8) is 0 Å². The normalized spacial score (nSPS) is 16.1. The van der Waals surface area contributed by atoms with Gasteiger partial charge in [0.05, 0.1) is 13.2 Å². The van der Waals surface area contributed by atoms with E-state index in [1.807, 2.05) is 37.3 Å². The van der Waals surface area contributed by atoms with Crippen molar-refractivity contribution in [3.05, 3.63) is 35.9 Å². The summed E-state index contributed by atoms with van der Waals surface area (Å²) in [6, 6.07) is 10.3. The molecule has 5 heteroatoms. The highest BCUT2D eigenvalue weighted by Crippen LogP contribution is 2.12. The molecule has 1 amide bonds. The van der Waals surface area contributed by atoms with Gasteiger partial charge < -0.3 is 9.64 Å². The minimum atomic E-state index is -0.212. The third-order valence-corrected chi connectivity index (χ3v) is 3.35. The van der Waals surface area contributed by atoms with Crippen molar-refractivity contribution in [2.24, 2.45) is 0 Å². The maximum Gasteiger partial charge on any atom is 0.409 e. The van der Waals surface area contributed by atoms with Crippen molar-refractivity contribution in [2.75, 3.05) is 19.7 Å². The number of carbonyl (C=O) groups is 1. The number of ether oxygens (including phenoxy) is 1. The average Bonchev–Trinajstić information content (AvgIpc) is 2.49. The average molecular weight is 278 g/mol. The number of nitrogens with one attached hydrogen (secondary N) is 1. The Bertz CT molecular complexity index is 403. The van der Waals surface area contributed by atoms with E-state index in [4.69, 9.17) is 9.57 Å². The lowest BCUT2D eigenvalue weighted by Crippen LogP contribution is -2.45. The summed E-state index contributed by atoms with van der Waals surface area (Å²) in [5.74, 6) is 0. The van der Waals surface area contributed by atoms with Crippen LogP contribution in [0, 0.1) is 0 Å². The third-order valence-electron chi connectivity index (χ3n) is 3.35. The second kappa shape index (κ2) is 7.87. The molecule has 110 valence electrons. The Kier molecular flexibility index (Phi) is 5.83. The van der Waals surface area contributed by atoms with Crippen molar-refractivity contribution in [3.8, 4) is 0 Å². The summed E-state index contributed by atoms with van der Waals surface area (Å²) >= 11 is 0. The summed E-state index contributed by atoms with van der Waals surface area (Å²) in [6.45, 7) is 4.23. The number of benzene rings is 1. The van der Waals surface area contributed by atoms with E-state index in [-0.39, 0.29) is 6.09 Å². The van der Waals surface area contributed by atoms with Crippen molar-refractivity contribution in [1.82, 2.24) is 10.4 Å². The molecule has 0 atom stereocenters. The van der Waals surface area contributed by atoms with Crippen LogP contribution in [-0.2, 0) is 16.2 Å². The van der Waals surface area contributed by atoms with Gasteiger partial charge in [-0.15, -0.1) is 0 Å². The molecular formula is C15H22N2O3. The topological polar surface area (TPSA) is 50.8 Å². The minimum absolute atomic E-state index is 0.212. The largest absolute Gasteiger partial charge is 0.450 e. The van der Waals surface area contributed by atoms with Gasteiger partial charge in [0, 0.05) is 19.1 Å². The number of hydrogen-bond acceptors (Lipinski definition) is 4. The van der Waals surface area contributed by atoms with Crippen LogP contribution in [0.1, 0.15) is 25.3 Å². The fourth-order valence-corrected chi connectivity index (χ4v) is 2.21. The zero-order chi connectivity index (χ0) is 14.2. The molecule has 5 nitrogen and oxygen atoms in total. The zero-order valence-corrected chi connectivity index (χ0v) is 11.9. The molecule has 0 radical (unpaired) electrons. The maximum atomic E-state index is 11.6. The van der Waals surface area contributed by atoms with E-state index < -0.39 is 0 Å². The Morgan fingerprint density at radius 1 is 1.30 bits per heavy atom. The van der Waals surface area contributed by atoms with Crippen molar-refractivity contribution in [2.45, 2.75) is 32.4 Å². The number of amides is 1. The smallest absolute Gasteiger partial charge is 0.409 e. The molecule has 2 rings (SSSR count). The minimum Gasteiger partial charge on any atom is -0.450 e. The highest BCUT2D eigenvalue weighted by atomic mass is 16.6. The van der Waals surface area contributed by atoms with Gasteiger partial charge in [-0.3, -0.25) is 4.84 Å². The Hall–Kier alpha value is -1.59. The van der Waals surface area contributed by atoms with Crippen LogP contribution in [-0.4, -0.2) is 36.7 Å². The second-order valence-corrected chi connectivity index (χ2v) is 4.85. The Balaban J connectivity index is 1.63. The summed E-state index contributed by atoms with van der Waals surface area (Å²) in [6.07, 6.45) is 1.55. The summed E-state index contributed by atoms with van der Waals surface area (Å²) in [4.78, 5) is 18.8. The van der Waals surface area contributed by atoms with Crippen molar-refractivity contribution in [1.29, 1.82) is 0 Å². The lowest BCUT2D eigenvalue weighted by molar-refractivity contribution is -0.0116. The summed E-state index contributed by atoms with van der Waals surface area (Å²) in [5.41, 5.74) is 4.23. The fourth-order valence-electron chi connectivity index (χ4n) is 2.21. The standard InChI is InChI=1S/C15H22N2O3/c1-2-19-15(18)17-10-8-14(9-11-17)16-20-12-13-6-4-3-5-7-13/h3-7,14,16H,2,8-12H2,1H3. The molecule has 1 aliphatic heterocycles. The Morgan fingerprint density at radius 2 is 2.00 bits per heavy atom. The van der Waals surface area contributed by atoms with Gasteiger partial charge >= 0.3 is 6.09 Å². The molecule has 20 heavy (non-hydrogen) atoms. The molecule has 1 aromatic rings. The van der Waals surface area contributed by atoms with Crippen LogP contribution in [0.25, 0.3) is 0 Å². The van der Waals surface area contributed by atoms with E-state index >= 15 is 0 Å². The summed E-state index contributed by atoms with van der Waals surface area (Å²) in [7, 11) is 0. The molecular weight excluding hydrogens is 256 g/mol. The van der Waals surface area contributed by atoms with Gasteiger partial charge in [-0.2, -0.15) is 5.48 Å². The summed E-state index contributed by atoms with van der Waals surface area (Å²) < 4.78 is 4.99. The first-order valence-corrected chi connectivity index (χ1v) is 7.12. The second-order valence-electron chi connectivity index (χ2n) is 4.85. The molecule has 0 aliphatic carbocycles. The van der Waals surface area contributed by atoms with Crippen molar-refractivity contribution >= 4 is 6.09 Å². The highest BCUT2D eigenvalue weighted by molar-refractivity contribution is 5.67. The predicted molar refractivity (Wildman–Crippen MR) is 76.0 cm³/mol. The van der Waals surface area contributed by atoms with Gasteiger partial charge in [0.25, 0.3) is 0 Å². The van der Waals surface area contributed by atoms with E-state index in [1.165, 1.54) is 0 Å². The van der Waals surface area contributed by atoms with E-state index in [9.17, 15) is 4.79 Å². The first-order valence-electron chi connectivity index (χ1n) is 7.12. The number of nitrogens with zero attached hydrogens (tertiary/aromatic N) is 1. The zero-order valence-electron chi connectivity index (χ0n) is 11.9. The van der Waals surface area contributed by atoms with E-state index in [0.29, 0.717) is 32.3 Å². The van der Waals surface area contributed by atoms with E-state index in [0.717, 1.165) is 18.4 Å². The van der Waals surface area contributed by atoms with Crippen molar-refractivity contribution < 1.29 is 14.4 Å². The number of rotatable bonds is 5. The first kappa shape index (κ1) is 14.8. The van der Waals surface area contributed by atoms with E-state index in [2.05, 4.69) is 5.48 Å². The van der Waals surface area contributed by atoms with Crippen LogP contribution < -0.4 is 5.48 Å². The molecule has 1 aromatic carbocycles. The maximum absolute atomic E-state index is 11.6. The first-order chi connectivity index (χ1) is 9.79. The lowest BCUT2D eigenvalue weighted by atomic mass is 10.1. The van der Waals surface area contributed by atoms with E-state index in [1.54, 1.807) is 4.90 Å². The molecule has 0 saturated carbocycles. The molecule has 0 aromatic heterocycles. The number of hydroxylamine groups is 1. The molecule has 1 N–H and O–H groups in total. The number of likely N-dealkylation sites (tertiary alicyclic amines) is 1. The molecule has 1 heterocycles. The molecule has 1 saturated heterocycles. The van der Waals surface area contributed by atoms with Crippen LogP contribution >= 0.6 is 0 Å². The SMILES string of the molecule is CCOC(=O)N1CCC(NOCc2ccccc2)CC1. The fraction of sp³-hybridized carbons (Fsp3) is 0.533. The van der Waals surface area contributed by atoms with Gasteiger partial charge in [0.15, 0.2) is 0 Å². The van der Waals surface area contributed by atoms with Crippen LogP contribution in [0.2, 0.25) is 0 Å². The molecule has 1 fully saturated rings. The monoisotopic (exact) mass is 278 g/mol.